The second-order valence-electron chi connectivity index (χ2n) is 13.4. The Kier molecular flexibility index (Phi) is 9.57. The summed E-state index contributed by atoms with van der Waals surface area (Å²) >= 11 is 1.55. The Hall–Kier alpha value is -2.84. The smallest absolute Gasteiger partial charge is 0.257 e. The van der Waals surface area contributed by atoms with E-state index in [9.17, 15) is 14.7 Å². The van der Waals surface area contributed by atoms with E-state index < -0.39 is 6.10 Å². The molecule has 1 aliphatic heterocycles. The number of nitrogens with zero attached hydrogens (tertiary/aromatic N) is 5. The van der Waals surface area contributed by atoms with Crippen molar-refractivity contribution < 1.29 is 14.7 Å². The van der Waals surface area contributed by atoms with Crippen molar-refractivity contribution in [3.8, 4) is 6.07 Å². The van der Waals surface area contributed by atoms with Crippen molar-refractivity contribution in [2.45, 2.75) is 65.0 Å². The van der Waals surface area contributed by atoms with Gasteiger partial charge in [-0.05, 0) is 61.3 Å². The van der Waals surface area contributed by atoms with Gasteiger partial charge in [0.1, 0.15) is 0 Å². The van der Waals surface area contributed by atoms with Crippen LogP contribution in [0, 0.1) is 34.5 Å². The topological polar surface area (TPSA) is 113 Å². The molecule has 0 radical (unpaired) electrons. The number of rotatable bonds is 8. The van der Waals surface area contributed by atoms with E-state index in [2.05, 4.69) is 42.1 Å². The van der Waals surface area contributed by atoms with Crippen molar-refractivity contribution in [2.24, 2.45) is 23.2 Å². The Balaban J connectivity index is 1.24. The summed E-state index contributed by atoms with van der Waals surface area (Å²) in [4.78, 5) is 38.7. The van der Waals surface area contributed by atoms with Crippen LogP contribution in [-0.4, -0.2) is 89.5 Å². The molecule has 2 aliphatic carbocycles. The predicted molar refractivity (Wildman–Crippen MR) is 169 cm³/mol. The molecule has 1 aromatic carbocycles. The van der Waals surface area contributed by atoms with Gasteiger partial charge in [0.15, 0.2) is 5.13 Å². The number of thiazole rings is 1. The lowest BCUT2D eigenvalue weighted by molar-refractivity contribution is -0.143. The maximum atomic E-state index is 13.2. The van der Waals surface area contributed by atoms with Crippen molar-refractivity contribution in [3.05, 3.63) is 46.0 Å². The molecule has 6 atom stereocenters. The summed E-state index contributed by atoms with van der Waals surface area (Å²) in [7, 11) is 3.89. The van der Waals surface area contributed by atoms with Crippen LogP contribution in [0.3, 0.4) is 0 Å². The lowest BCUT2D eigenvalue weighted by atomic mass is 9.53. The van der Waals surface area contributed by atoms with Gasteiger partial charge in [-0.15, -0.1) is 11.3 Å². The van der Waals surface area contributed by atoms with Gasteiger partial charge in [-0.1, -0.05) is 32.9 Å². The highest BCUT2D eigenvalue weighted by atomic mass is 32.1. The number of anilines is 1. The van der Waals surface area contributed by atoms with Crippen LogP contribution >= 0.6 is 11.3 Å². The third kappa shape index (κ3) is 6.65. The molecule has 43 heavy (non-hydrogen) atoms. The minimum absolute atomic E-state index is 0.000862. The molecule has 0 unspecified atom stereocenters. The number of likely N-dealkylation sites (N-methyl/N-ethyl adjacent to an activating group) is 1. The zero-order chi connectivity index (χ0) is 30.9. The summed E-state index contributed by atoms with van der Waals surface area (Å²) in [6.45, 7) is 11.9. The molecule has 10 heteroatoms. The number of carbonyl (C=O) groups excluding carboxylic acids is 2. The van der Waals surface area contributed by atoms with E-state index in [0.29, 0.717) is 23.7 Å². The monoisotopic (exact) mass is 606 g/mol. The fourth-order valence-electron chi connectivity index (χ4n) is 7.65. The molecule has 3 aliphatic rings. The number of carbonyl (C=O) groups is 2. The standard InChI is InChI=1S/C33H46N6O3S/c1-21(31(42)38(5)14-6-13-34)25-11-12-33(3)19-26-28(22(2)27(33)29(25)40)35-32(43-26)36-30(41)24-9-7-23(8-10-24)20-39-17-15-37(4)16-18-39/h7-10,21-22,25,27,29,40H,6,11-12,14-20H2,1-5H3,(H,35,36,41)/t21-,22-,25-,27+,29-,33-/m0/s1. The minimum atomic E-state index is -0.630. The molecule has 2 aromatic rings. The van der Waals surface area contributed by atoms with E-state index in [1.165, 1.54) is 10.4 Å². The summed E-state index contributed by atoms with van der Waals surface area (Å²) in [6.07, 6.45) is 2.17. The largest absolute Gasteiger partial charge is 0.392 e. The van der Waals surface area contributed by atoms with E-state index in [-0.39, 0.29) is 40.9 Å². The fraction of sp³-hybridized carbons (Fsp3) is 0.636. The third-order valence-corrected chi connectivity index (χ3v) is 11.3. The van der Waals surface area contributed by atoms with Crippen LogP contribution in [0.4, 0.5) is 5.13 Å². The van der Waals surface area contributed by atoms with Crippen molar-refractivity contribution in [1.29, 1.82) is 5.26 Å². The van der Waals surface area contributed by atoms with Gasteiger partial charge in [-0.25, -0.2) is 4.98 Å². The van der Waals surface area contributed by atoms with Gasteiger partial charge < -0.3 is 14.9 Å². The number of aromatic nitrogens is 1. The first-order chi connectivity index (χ1) is 20.5. The van der Waals surface area contributed by atoms with Crippen LogP contribution in [0.2, 0.25) is 0 Å². The maximum absolute atomic E-state index is 13.2. The van der Waals surface area contributed by atoms with E-state index in [0.717, 1.165) is 57.7 Å². The molecule has 2 fully saturated rings. The Labute approximate surface area is 259 Å². The lowest BCUT2D eigenvalue weighted by Gasteiger charge is -2.53. The number of benzene rings is 1. The average molecular weight is 607 g/mol. The molecule has 0 spiro atoms. The number of aliphatic hydroxyl groups excluding tert-OH is 1. The molecule has 1 aromatic heterocycles. The SMILES string of the molecule is C[C@H](C(=O)N(C)CCC#N)[C@@H]1CC[C@@]2(C)Cc3sc(NC(=O)c4ccc(CN5CCN(C)CC5)cc4)nc3[C@@H](C)[C@@H]2[C@H]1O. The lowest BCUT2D eigenvalue weighted by Crippen LogP contribution is -2.53. The second kappa shape index (κ2) is 13.0. The number of piperazine rings is 1. The summed E-state index contributed by atoms with van der Waals surface area (Å²) in [5, 5.41) is 24.3. The molecule has 0 bridgehead atoms. The molecule has 5 rings (SSSR count). The number of hydrogen-bond donors (Lipinski definition) is 2. The number of fused-ring (bicyclic) bond motifs is 2. The van der Waals surface area contributed by atoms with Gasteiger partial charge in [0, 0.05) is 68.6 Å². The first kappa shape index (κ1) is 31.6. The van der Waals surface area contributed by atoms with Crippen molar-refractivity contribution >= 4 is 28.3 Å². The van der Waals surface area contributed by atoms with Crippen LogP contribution < -0.4 is 5.32 Å². The van der Waals surface area contributed by atoms with Crippen molar-refractivity contribution in [1.82, 2.24) is 19.7 Å². The fourth-order valence-corrected chi connectivity index (χ4v) is 8.91. The number of amides is 2. The number of hydrogen-bond acceptors (Lipinski definition) is 8. The van der Waals surface area contributed by atoms with Gasteiger partial charge in [0.25, 0.3) is 5.91 Å². The zero-order valence-corrected chi connectivity index (χ0v) is 27.0. The zero-order valence-electron chi connectivity index (χ0n) is 26.2. The predicted octanol–water partition coefficient (Wildman–Crippen LogP) is 4.20. The first-order valence-electron chi connectivity index (χ1n) is 15.6. The first-order valence-corrected chi connectivity index (χ1v) is 16.4. The van der Waals surface area contributed by atoms with Gasteiger partial charge >= 0.3 is 0 Å². The molecule has 2 N–H and O–H groups in total. The normalized spacial score (nSPS) is 28.3. The van der Waals surface area contributed by atoms with Gasteiger partial charge in [0.05, 0.1) is 24.3 Å². The molecular formula is C33H46N6O3S. The highest BCUT2D eigenvalue weighted by molar-refractivity contribution is 7.15. The van der Waals surface area contributed by atoms with E-state index in [1.54, 1.807) is 23.3 Å². The van der Waals surface area contributed by atoms with E-state index in [1.807, 2.05) is 31.2 Å². The van der Waals surface area contributed by atoms with Crippen molar-refractivity contribution in [2.75, 3.05) is 52.1 Å². The van der Waals surface area contributed by atoms with Crippen LogP contribution in [-0.2, 0) is 17.8 Å². The molecule has 1 saturated carbocycles. The molecular weight excluding hydrogens is 560 g/mol. The van der Waals surface area contributed by atoms with Crippen LogP contribution in [0.25, 0.3) is 0 Å². The molecule has 232 valence electrons. The van der Waals surface area contributed by atoms with Crippen LogP contribution in [0.15, 0.2) is 24.3 Å². The Morgan fingerprint density at radius 2 is 1.95 bits per heavy atom. The van der Waals surface area contributed by atoms with Gasteiger partial charge in [-0.3, -0.25) is 19.8 Å². The Morgan fingerprint density at radius 3 is 2.63 bits per heavy atom. The number of nitrogens with one attached hydrogen (secondary N) is 1. The molecule has 2 amide bonds. The quantitative estimate of drug-likeness (QED) is 0.463. The van der Waals surface area contributed by atoms with Crippen molar-refractivity contribution in [3.63, 3.8) is 0 Å². The highest BCUT2D eigenvalue weighted by Crippen LogP contribution is 2.57. The summed E-state index contributed by atoms with van der Waals surface area (Å²) in [5.74, 6) is -0.677. The maximum Gasteiger partial charge on any atom is 0.257 e. The Morgan fingerprint density at radius 1 is 1.26 bits per heavy atom. The highest BCUT2D eigenvalue weighted by Gasteiger charge is 2.54. The Bertz CT molecular complexity index is 1350. The number of aliphatic hydroxyl groups is 1. The van der Waals surface area contributed by atoms with Gasteiger partial charge in [-0.2, -0.15) is 5.26 Å². The summed E-state index contributed by atoms with van der Waals surface area (Å²) in [6, 6.07) is 9.96. The van der Waals surface area contributed by atoms with Crippen LogP contribution in [0.1, 0.15) is 72.4 Å². The molecule has 2 heterocycles. The molecule has 1 saturated heterocycles. The third-order valence-electron chi connectivity index (χ3n) is 10.3. The average Bonchev–Trinajstić information content (AvgIpc) is 3.38. The summed E-state index contributed by atoms with van der Waals surface area (Å²) in [5.41, 5.74) is 2.67. The number of nitriles is 1. The van der Waals surface area contributed by atoms with E-state index in [4.69, 9.17) is 10.2 Å². The van der Waals surface area contributed by atoms with Crippen LogP contribution in [0.5, 0.6) is 0 Å². The van der Waals surface area contributed by atoms with E-state index >= 15 is 0 Å². The summed E-state index contributed by atoms with van der Waals surface area (Å²) < 4.78 is 0. The van der Waals surface area contributed by atoms with Gasteiger partial charge in [0.2, 0.25) is 5.91 Å². The second-order valence-corrected chi connectivity index (χ2v) is 14.4. The minimum Gasteiger partial charge on any atom is -0.392 e. The molecule has 9 nitrogen and oxygen atoms in total.